The molecule has 0 aliphatic carbocycles. The van der Waals surface area contributed by atoms with Crippen LogP contribution in [-0.2, 0) is 16.1 Å². The number of non-ortho nitro benzene ring substituents is 1. The number of carbonyl (C=O) groups excluding carboxylic acids is 1. The zero-order valence-corrected chi connectivity index (χ0v) is 6.67. The van der Waals surface area contributed by atoms with E-state index in [9.17, 15) is 14.9 Å². The number of nitro benzene ring substituents is 1. The van der Waals surface area contributed by atoms with Crippen molar-refractivity contribution in [2.45, 2.75) is 6.61 Å². The highest BCUT2D eigenvalue weighted by Crippen LogP contribution is 2.13. The van der Waals surface area contributed by atoms with E-state index in [4.69, 9.17) is 0 Å². The highest BCUT2D eigenvalue weighted by Gasteiger charge is 2.04. The summed E-state index contributed by atoms with van der Waals surface area (Å²) >= 11 is 0. The van der Waals surface area contributed by atoms with E-state index in [1.807, 2.05) is 0 Å². The monoisotopic (exact) mass is 181 g/mol. The van der Waals surface area contributed by atoms with Crippen molar-refractivity contribution < 1.29 is 14.5 Å². The van der Waals surface area contributed by atoms with Crippen LogP contribution in [-0.4, -0.2) is 11.4 Å². The van der Waals surface area contributed by atoms with Crippen LogP contribution < -0.4 is 0 Å². The molecule has 5 heteroatoms. The van der Waals surface area contributed by atoms with Gasteiger partial charge in [0, 0.05) is 12.1 Å². The lowest BCUT2D eigenvalue weighted by Crippen LogP contribution is -1.92. The zero-order chi connectivity index (χ0) is 9.68. The predicted molar refractivity (Wildman–Crippen MR) is 43.9 cm³/mol. The van der Waals surface area contributed by atoms with Crippen molar-refractivity contribution >= 4 is 12.2 Å². The molecule has 1 aromatic carbocycles. The molecule has 1 aromatic rings. The molecule has 5 nitrogen and oxygen atoms in total. The Morgan fingerprint density at radius 2 is 2.31 bits per heavy atom. The van der Waals surface area contributed by atoms with Gasteiger partial charge in [-0.05, 0) is 5.56 Å². The summed E-state index contributed by atoms with van der Waals surface area (Å²) in [6.07, 6.45) is 0. The Labute approximate surface area is 74.1 Å². The maximum absolute atomic E-state index is 10.3. The first kappa shape index (κ1) is 9.18. The van der Waals surface area contributed by atoms with E-state index >= 15 is 0 Å². The predicted octanol–water partition coefficient (Wildman–Crippen LogP) is 1.27. The Bertz CT molecular complexity index is 324. The quantitative estimate of drug-likeness (QED) is 0.398. The van der Waals surface area contributed by atoms with E-state index in [0.29, 0.717) is 12.0 Å². The number of nitrogens with zero attached hydrogens (tertiary/aromatic N) is 1. The molecule has 68 valence electrons. The second kappa shape index (κ2) is 4.20. The first-order chi connectivity index (χ1) is 6.24. The highest BCUT2D eigenvalue weighted by molar-refractivity contribution is 5.38. The fourth-order valence-corrected chi connectivity index (χ4v) is 0.890. The van der Waals surface area contributed by atoms with Crippen molar-refractivity contribution in [2.24, 2.45) is 0 Å². The molecule has 0 atom stereocenters. The van der Waals surface area contributed by atoms with Crippen molar-refractivity contribution in [2.75, 3.05) is 0 Å². The van der Waals surface area contributed by atoms with Crippen molar-refractivity contribution in [1.29, 1.82) is 0 Å². The second-order valence-corrected chi connectivity index (χ2v) is 2.33. The Morgan fingerprint density at radius 3 is 2.92 bits per heavy atom. The lowest BCUT2D eigenvalue weighted by Gasteiger charge is -1.98. The van der Waals surface area contributed by atoms with Crippen LogP contribution in [0, 0.1) is 10.1 Å². The fourth-order valence-electron chi connectivity index (χ4n) is 0.890. The summed E-state index contributed by atoms with van der Waals surface area (Å²) in [5.41, 5.74) is 0.591. The third-order valence-corrected chi connectivity index (χ3v) is 1.44. The molecule has 0 fully saturated rings. The van der Waals surface area contributed by atoms with Gasteiger partial charge in [-0.3, -0.25) is 14.9 Å². The Hall–Kier alpha value is -1.91. The topological polar surface area (TPSA) is 69.4 Å². The molecule has 0 unspecified atom stereocenters. The molecule has 0 heterocycles. The molecule has 0 amide bonds. The van der Waals surface area contributed by atoms with Gasteiger partial charge in [-0.1, -0.05) is 12.1 Å². The molecular weight excluding hydrogens is 174 g/mol. The molecule has 0 aliphatic heterocycles. The molecule has 0 aliphatic rings. The van der Waals surface area contributed by atoms with Gasteiger partial charge in [0.2, 0.25) is 0 Å². The van der Waals surface area contributed by atoms with Gasteiger partial charge in [0.25, 0.3) is 12.2 Å². The third-order valence-electron chi connectivity index (χ3n) is 1.44. The lowest BCUT2D eigenvalue weighted by molar-refractivity contribution is -0.384. The standard InChI is InChI=1S/C8H7NO4/c10-6-13-5-7-2-1-3-8(4-7)9(11)12/h1-4,6H,5H2. The number of hydrogen-bond acceptors (Lipinski definition) is 4. The van der Waals surface area contributed by atoms with Gasteiger partial charge >= 0.3 is 0 Å². The average Bonchev–Trinajstić information content (AvgIpc) is 2.15. The molecule has 0 aromatic heterocycles. The van der Waals surface area contributed by atoms with E-state index < -0.39 is 4.92 Å². The third kappa shape index (κ3) is 2.55. The maximum atomic E-state index is 10.3. The number of rotatable bonds is 4. The minimum Gasteiger partial charge on any atom is -0.463 e. The van der Waals surface area contributed by atoms with Crippen molar-refractivity contribution in [3.05, 3.63) is 39.9 Å². The van der Waals surface area contributed by atoms with Crippen LogP contribution in [0.1, 0.15) is 5.56 Å². The Balaban J connectivity index is 2.79. The Kier molecular flexibility index (Phi) is 2.97. The van der Waals surface area contributed by atoms with Crippen LogP contribution >= 0.6 is 0 Å². The SMILES string of the molecule is O=COCc1cccc([N+](=O)[O-])c1. The first-order valence-electron chi connectivity index (χ1n) is 3.52. The lowest BCUT2D eigenvalue weighted by atomic mass is 10.2. The van der Waals surface area contributed by atoms with Gasteiger partial charge in [-0.15, -0.1) is 0 Å². The van der Waals surface area contributed by atoms with Crippen LogP contribution in [0.2, 0.25) is 0 Å². The summed E-state index contributed by atoms with van der Waals surface area (Å²) in [5, 5.41) is 10.3. The minimum absolute atomic E-state index is 0.00741. The van der Waals surface area contributed by atoms with Crippen LogP contribution in [0.15, 0.2) is 24.3 Å². The van der Waals surface area contributed by atoms with E-state index in [-0.39, 0.29) is 12.3 Å². The van der Waals surface area contributed by atoms with Crippen LogP contribution in [0.3, 0.4) is 0 Å². The largest absolute Gasteiger partial charge is 0.463 e. The van der Waals surface area contributed by atoms with Crippen LogP contribution in [0.4, 0.5) is 5.69 Å². The van der Waals surface area contributed by atoms with Gasteiger partial charge in [0.1, 0.15) is 6.61 Å². The van der Waals surface area contributed by atoms with E-state index in [1.165, 1.54) is 12.1 Å². The molecule has 0 N–H and O–H groups in total. The van der Waals surface area contributed by atoms with Crippen LogP contribution in [0.5, 0.6) is 0 Å². The van der Waals surface area contributed by atoms with E-state index in [2.05, 4.69) is 4.74 Å². The first-order valence-corrected chi connectivity index (χ1v) is 3.52. The zero-order valence-electron chi connectivity index (χ0n) is 6.67. The van der Waals surface area contributed by atoms with Crippen molar-refractivity contribution in [3.8, 4) is 0 Å². The molecule has 0 bridgehead atoms. The number of ether oxygens (including phenoxy) is 1. The summed E-state index contributed by atoms with van der Waals surface area (Å²) in [6.45, 7) is 0.365. The maximum Gasteiger partial charge on any atom is 0.293 e. The minimum atomic E-state index is -0.496. The molecular formula is C8H7NO4. The fraction of sp³-hybridized carbons (Fsp3) is 0.125. The molecule has 0 spiro atoms. The summed E-state index contributed by atoms with van der Waals surface area (Å²) in [7, 11) is 0. The summed E-state index contributed by atoms with van der Waals surface area (Å²) in [4.78, 5) is 19.7. The van der Waals surface area contributed by atoms with Gasteiger partial charge in [-0.25, -0.2) is 0 Å². The van der Waals surface area contributed by atoms with Crippen molar-refractivity contribution in [1.82, 2.24) is 0 Å². The number of hydrogen-bond donors (Lipinski definition) is 0. The average molecular weight is 181 g/mol. The van der Waals surface area contributed by atoms with Gasteiger partial charge in [-0.2, -0.15) is 0 Å². The summed E-state index contributed by atoms with van der Waals surface area (Å²) in [6, 6.07) is 5.94. The normalized spacial score (nSPS) is 9.23. The summed E-state index contributed by atoms with van der Waals surface area (Å²) in [5.74, 6) is 0. The van der Waals surface area contributed by atoms with Crippen molar-refractivity contribution in [3.63, 3.8) is 0 Å². The number of benzene rings is 1. The highest BCUT2D eigenvalue weighted by atomic mass is 16.6. The molecule has 13 heavy (non-hydrogen) atoms. The molecule has 0 radical (unpaired) electrons. The molecule has 1 rings (SSSR count). The smallest absolute Gasteiger partial charge is 0.293 e. The van der Waals surface area contributed by atoms with E-state index in [1.54, 1.807) is 12.1 Å². The van der Waals surface area contributed by atoms with E-state index in [0.717, 1.165) is 0 Å². The van der Waals surface area contributed by atoms with Gasteiger partial charge in [0.05, 0.1) is 4.92 Å². The second-order valence-electron chi connectivity index (χ2n) is 2.33. The van der Waals surface area contributed by atoms with Gasteiger partial charge in [0.15, 0.2) is 0 Å². The number of carbonyl (C=O) groups is 1. The molecule has 0 saturated heterocycles. The van der Waals surface area contributed by atoms with Crippen LogP contribution in [0.25, 0.3) is 0 Å². The molecule has 0 saturated carbocycles. The van der Waals surface area contributed by atoms with Gasteiger partial charge < -0.3 is 4.74 Å². The number of nitro groups is 1. The summed E-state index contributed by atoms with van der Waals surface area (Å²) < 4.78 is 4.45. The Morgan fingerprint density at radius 1 is 1.54 bits per heavy atom.